The first-order valence-electron chi connectivity index (χ1n) is 9.01. The highest BCUT2D eigenvalue weighted by Crippen LogP contribution is 2.22. The molecular weight excluding hydrogens is 392 g/mol. The monoisotopic (exact) mass is 412 g/mol. The van der Waals surface area contributed by atoms with Gasteiger partial charge >= 0.3 is 0 Å². The molecule has 150 valence electrons. The maximum atomic E-state index is 12.3. The van der Waals surface area contributed by atoms with Gasteiger partial charge in [0.05, 0.1) is 26.5 Å². The molecule has 29 heavy (non-hydrogen) atoms. The molecule has 0 aliphatic rings. The average molecular weight is 413 g/mol. The number of hydrogen-bond donors (Lipinski definition) is 1. The van der Waals surface area contributed by atoms with Crippen LogP contribution in [0.25, 0.3) is 0 Å². The maximum absolute atomic E-state index is 12.3. The van der Waals surface area contributed by atoms with E-state index >= 15 is 0 Å². The van der Waals surface area contributed by atoms with Gasteiger partial charge in [0.2, 0.25) is 0 Å². The van der Waals surface area contributed by atoms with Gasteiger partial charge in [0.1, 0.15) is 11.5 Å². The molecule has 3 rings (SSSR count). The lowest BCUT2D eigenvalue weighted by Gasteiger charge is -2.08. The van der Waals surface area contributed by atoms with Crippen molar-refractivity contribution in [2.75, 3.05) is 13.7 Å². The van der Waals surface area contributed by atoms with E-state index in [1.165, 1.54) is 6.21 Å². The van der Waals surface area contributed by atoms with E-state index in [1.807, 2.05) is 31.2 Å². The van der Waals surface area contributed by atoms with Gasteiger partial charge in [0.25, 0.3) is 5.91 Å². The molecular formula is C21H21ClN4O3. The van der Waals surface area contributed by atoms with E-state index in [2.05, 4.69) is 15.6 Å². The van der Waals surface area contributed by atoms with Gasteiger partial charge in [-0.3, -0.25) is 9.48 Å². The predicted molar refractivity (Wildman–Crippen MR) is 112 cm³/mol. The van der Waals surface area contributed by atoms with Crippen LogP contribution in [0.5, 0.6) is 11.5 Å². The minimum Gasteiger partial charge on any atom is -0.497 e. The summed E-state index contributed by atoms with van der Waals surface area (Å²) < 4.78 is 12.5. The van der Waals surface area contributed by atoms with Gasteiger partial charge in [0.15, 0.2) is 5.69 Å². The highest BCUT2D eigenvalue weighted by molar-refractivity contribution is 6.30. The van der Waals surface area contributed by atoms with Gasteiger partial charge in [0, 0.05) is 16.8 Å². The summed E-state index contributed by atoms with van der Waals surface area (Å²) in [5.41, 5.74) is 4.48. The van der Waals surface area contributed by atoms with Crippen molar-refractivity contribution in [3.63, 3.8) is 0 Å². The quantitative estimate of drug-likeness (QED) is 0.451. The molecule has 0 radical (unpaired) electrons. The molecule has 0 atom stereocenters. The molecule has 1 amide bonds. The molecule has 0 bridgehead atoms. The number of aromatic nitrogens is 2. The fourth-order valence-electron chi connectivity index (χ4n) is 2.61. The van der Waals surface area contributed by atoms with Crippen molar-refractivity contribution >= 4 is 23.7 Å². The van der Waals surface area contributed by atoms with E-state index in [-0.39, 0.29) is 5.69 Å². The summed E-state index contributed by atoms with van der Waals surface area (Å²) in [5, 5.41) is 8.97. The lowest BCUT2D eigenvalue weighted by molar-refractivity contribution is 0.0949. The van der Waals surface area contributed by atoms with Crippen LogP contribution in [0.2, 0.25) is 5.02 Å². The number of hydrogen-bond acceptors (Lipinski definition) is 5. The Bertz CT molecular complexity index is 999. The van der Waals surface area contributed by atoms with Crippen molar-refractivity contribution in [1.82, 2.24) is 15.2 Å². The first-order valence-corrected chi connectivity index (χ1v) is 9.39. The Morgan fingerprint density at radius 1 is 1.24 bits per heavy atom. The Balaban J connectivity index is 1.64. The number of hydrazone groups is 1. The molecule has 0 saturated carbocycles. The van der Waals surface area contributed by atoms with Gasteiger partial charge in [-0.25, -0.2) is 5.43 Å². The number of benzene rings is 2. The Morgan fingerprint density at radius 3 is 2.76 bits per heavy atom. The summed E-state index contributed by atoms with van der Waals surface area (Å²) in [7, 11) is 1.58. The first-order chi connectivity index (χ1) is 14.1. The Morgan fingerprint density at radius 2 is 2.03 bits per heavy atom. The number of nitrogens with zero attached hydrogens (tertiary/aromatic N) is 3. The largest absolute Gasteiger partial charge is 0.497 e. The van der Waals surface area contributed by atoms with Crippen LogP contribution in [0.1, 0.15) is 28.5 Å². The average Bonchev–Trinajstić information content (AvgIpc) is 3.19. The molecule has 1 aromatic heterocycles. The summed E-state index contributed by atoms with van der Waals surface area (Å²) in [5.74, 6) is 0.915. The van der Waals surface area contributed by atoms with E-state index < -0.39 is 5.91 Å². The predicted octanol–water partition coefficient (Wildman–Crippen LogP) is 3.76. The number of methoxy groups -OCH3 is 1. The standard InChI is InChI=1S/C21H21ClN4O3/c1-3-29-20-9-8-18(28-2)12-16(20)13-23-24-21(27)19-10-11-26(25-19)14-15-4-6-17(22)7-5-15/h4-13H,3,14H2,1-2H3,(H,24,27)/b23-13-. The van der Waals surface area contributed by atoms with Crippen LogP contribution in [-0.2, 0) is 6.54 Å². The SMILES string of the molecule is CCOc1ccc(OC)cc1/C=N\NC(=O)c1ccn(Cc2ccc(Cl)cc2)n1. The van der Waals surface area contributed by atoms with Crippen LogP contribution in [0.4, 0.5) is 0 Å². The molecule has 1 N–H and O–H groups in total. The second-order valence-electron chi connectivity index (χ2n) is 6.06. The van der Waals surface area contributed by atoms with Gasteiger partial charge in [-0.05, 0) is 48.9 Å². The third-order valence-electron chi connectivity index (χ3n) is 4.02. The number of amides is 1. The number of rotatable bonds is 8. The summed E-state index contributed by atoms with van der Waals surface area (Å²) >= 11 is 5.89. The van der Waals surface area contributed by atoms with E-state index in [9.17, 15) is 4.79 Å². The highest BCUT2D eigenvalue weighted by Gasteiger charge is 2.09. The summed E-state index contributed by atoms with van der Waals surface area (Å²) in [6.07, 6.45) is 3.25. The minimum absolute atomic E-state index is 0.270. The van der Waals surface area contributed by atoms with E-state index in [4.69, 9.17) is 21.1 Å². The van der Waals surface area contributed by atoms with Crippen molar-refractivity contribution in [3.05, 3.63) is 76.6 Å². The fraction of sp³-hybridized carbons (Fsp3) is 0.190. The number of carbonyl (C=O) groups is 1. The van der Waals surface area contributed by atoms with Crippen molar-refractivity contribution in [3.8, 4) is 11.5 Å². The molecule has 8 heteroatoms. The van der Waals surface area contributed by atoms with Crippen molar-refractivity contribution in [1.29, 1.82) is 0 Å². The van der Waals surface area contributed by atoms with Gasteiger partial charge < -0.3 is 9.47 Å². The van der Waals surface area contributed by atoms with Crippen LogP contribution in [0, 0.1) is 0 Å². The first kappa shape index (κ1) is 20.4. The highest BCUT2D eigenvalue weighted by atomic mass is 35.5. The molecule has 1 heterocycles. The molecule has 0 aliphatic carbocycles. The van der Waals surface area contributed by atoms with Crippen LogP contribution >= 0.6 is 11.6 Å². The fourth-order valence-corrected chi connectivity index (χ4v) is 2.73. The summed E-state index contributed by atoms with van der Waals surface area (Å²) in [4.78, 5) is 12.3. The van der Waals surface area contributed by atoms with Crippen molar-refractivity contribution in [2.45, 2.75) is 13.5 Å². The Kier molecular flexibility index (Phi) is 6.86. The van der Waals surface area contributed by atoms with Crippen LogP contribution in [-0.4, -0.2) is 35.6 Å². The lowest BCUT2D eigenvalue weighted by Crippen LogP contribution is -2.18. The molecule has 2 aromatic carbocycles. The van der Waals surface area contributed by atoms with Crippen molar-refractivity contribution in [2.24, 2.45) is 5.10 Å². The van der Waals surface area contributed by atoms with E-state index in [1.54, 1.807) is 42.3 Å². The second-order valence-corrected chi connectivity index (χ2v) is 6.50. The molecule has 0 unspecified atom stereocenters. The zero-order valence-electron chi connectivity index (χ0n) is 16.1. The van der Waals surface area contributed by atoms with Gasteiger partial charge in [-0.15, -0.1) is 0 Å². The van der Waals surface area contributed by atoms with Crippen LogP contribution in [0.15, 0.2) is 59.8 Å². The molecule has 0 aliphatic heterocycles. The van der Waals surface area contributed by atoms with Gasteiger partial charge in [-0.1, -0.05) is 23.7 Å². The zero-order chi connectivity index (χ0) is 20.6. The third-order valence-corrected chi connectivity index (χ3v) is 4.27. The lowest BCUT2D eigenvalue weighted by atomic mass is 10.2. The molecule has 3 aromatic rings. The number of carbonyl (C=O) groups excluding carboxylic acids is 1. The van der Waals surface area contributed by atoms with Crippen LogP contribution in [0.3, 0.4) is 0 Å². The Labute approximate surface area is 173 Å². The second kappa shape index (κ2) is 9.75. The molecule has 0 fully saturated rings. The molecule has 0 saturated heterocycles. The van der Waals surface area contributed by atoms with E-state index in [0.29, 0.717) is 35.2 Å². The summed E-state index contributed by atoms with van der Waals surface area (Å²) in [6.45, 7) is 2.95. The third kappa shape index (κ3) is 5.58. The van der Waals surface area contributed by atoms with Crippen molar-refractivity contribution < 1.29 is 14.3 Å². The molecule has 7 nitrogen and oxygen atoms in total. The van der Waals surface area contributed by atoms with Gasteiger partial charge in [-0.2, -0.15) is 10.2 Å². The topological polar surface area (TPSA) is 77.7 Å². The van der Waals surface area contributed by atoms with E-state index in [0.717, 1.165) is 5.56 Å². The summed E-state index contributed by atoms with van der Waals surface area (Å²) in [6, 6.07) is 14.5. The maximum Gasteiger partial charge on any atom is 0.291 e. The smallest absolute Gasteiger partial charge is 0.291 e. The number of ether oxygens (including phenoxy) is 2. The number of nitrogens with one attached hydrogen (secondary N) is 1. The number of halogens is 1. The minimum atomic E-state index is -0.406. The zero-order valence-corrected chi connectivity index (χ0v) is 16.9. The normalized spacial score (nSPS) is 10.9. The Hall–Kier alpha value is -3.32. The molecule has 0 spiro atoms. The van der Waals surface area contributed by atoms with Crippen LogP contribution < -0.4 is 14.9 Å².